The standard InChI is InChI=1S/C19H24O2S2/c1-5-10-21-17(20)11-14-6-8-15(9-7-14)18-22-12-16(13-23-18)19(2,3)4/h1,6-9,16,18H,10-13H2,2-4H3. The molecule has 1 fully saturated rings. The summed E-state index contributed by atoms with van der Waals surface area (Å²) in [5.74, 6) is 5.21. The van der Waals surface area contributed by atoms with Crippen molar-refractivity contribution in [3.8, 4) is 12.3 Å². The van der Waals surface area contributed by atoms with E-state index in [1.54, 1.807) is 0 Å². The van der Waals surface area contributed by atoms with Gasteiger partial charge in [0.15, 0.2) is 6.61 Å². The second kappa shape index (κ2) is 8.17. The van der Waals surface area contributed by atoms with Gasteiger partial charge in [-0.05, 0) is 34.0 Å². The fourth-order valence-electron chi connectivity index (χ4n) is 2.33. The molecule has 0 amide bonds. The van der Waals surface area contributed by atoms with Gasteiger partial charge in [0, 0.05) is 0 Å². The van der Waals surface area contributed by atoms with E-state index in [1.165, 1.54) is 17.1 Å². The summed E-state index contributed by atoms with van der Waals surface area (Å²) in [6.07, 6.45) is 5.35. The number of hydrogen-bond donors (Lipinski definition) is 0. The molecule has 4 heteroatoms. The van der Waals surface area contributed by atoms with Gasteiger partial charge >= 0.3 is 5.97 Å². The maximum Gasteiger partial charge on any atom is 0.311 e. The van der Waals surface area contributed by atoms with Crippen LogP contribution in [-0.2, 0) is 16.0 Å². The van der Waals surface area contributed by atoms with Gasteiger partial charge in [-0.2, -0.15) is 0 Å². The molecule has 1 aromatic carbocycles. The molecular formula is C19H24O2S2. The van der Waals surface area contributed by atoms with E-state index in [0.29, 0.717) is 10.00 Å². The molecule has 0 saturated carbocycles. The Bertz CT molecular complexity index is 559. The van der Waals surface area contributed by atoms with E-state index >= 15 is 0 Å². The summed E-state index contributed by atoms with van der Waals surface area (Å²) < 4.78 is 5.40. The van der Waals surface area contributed by atoms with Crippen LogP contribution >= 0.6 is 23.5 Å². The molecule has 1 aliphatic heterocycles. The number of terminal acetylenes is 1. The Morgan fingerprint density at radius 1 is 1.26 bits per heavy atom. The van der Waals surface area contributed by atoms with E-state index in [9.17, 15) is 4.79 Å². The lowest BCUT2D eigenvalue weighted by molar-refractivity contribution is -0.141. The third-order valence-corrected chi connectivity index (χ3v) is 7.20. The first-order chi connectivity index (χ1) is 10.9. The van der Waals surface area contributed by atoms with Gasteiger partial charge in [-0.25, -0.2) is 0 Å². The number of thioether (sulfide) groups is 2. The van der Waals surface area contributed by atoms with Crippen LogP contribution in [0.25, 0.3) is 0 Å². The number of hydrogen-bond acceptors (Lipinski definition) is 4. The van der Waals surface area contributed by atoms with Crippen molar-refractivity contribution in [1.82, 2.24) is 0 Å². The molecule has 23 heavy (non-hydrogen) atoms. The Morgan fingerprint density at radius 3 is 2.39 bits per heavy atom. The molecule has 0 aromatic heterocycles. The van der Waals surface area contributed by atoms with Crippen LogP contribution in [0.2, 0.25) is 0 Å². The SMILES string of the molecule is C#CCOC(=O)Cc1ccc(C2SCC(C(C)(C)C)CS2)cc1. The van der Waals surface area contributed by atoms with E-state index in [-0.39, 0.29) is 19.0 Å². The molecule has 2 nitrogen and oxygen atoms in total. The van der Waals surface area contributed by atoms with Crippen molar-refractivity contribution in [2.24, 2.45) is 11.3 Å². The van der Waals surface area contributed by atoms with Crippen molar-refractivity contribution < 1.29 is 9.53 Å². The second-order valence-electron chi connectivity index (χ2n) is 6.84. The molecule has 2 rings (SSSR count). The zero-order valence-electron chi connectivity index (χ0n) is 14.0. The predicted octanol–water partition coefficient (Wildman–Crippen LogP) is 4.55. The highest BCUT2D eigenvalue weighted by Gasteiger charge is 2.31. The normalized spacial score (nSPS) is 21.5. The lowest BCUT2D eigenvalue weighted by atomic mass is 9.83. The largest absolute Gasteiger partial charge is 0.452 e. The molecule has 1 aliphatic rings. The van der Waals surface area contributed by atoms with Crippen LogP contribution in [0.1, 0.15) is 36.5 Å². The summed E-state index contributed by atoms with van der Waals surface area (Å²) in [6, 6.07) is 8.30. The van der Waals surface area contributed by atoms with Crippen LogP contribution in [0.5, 0.6) is 0 Å². The van der Waals surface area contributed by atoms with Gasteiger partial charge in [0.05, 0.1) is 11.0 Å². The summed E-state index contributed by atoms with van der Waals surface area (Å²) in [5.41, 5.74) is 2.68. The van der Waals surface area contributed by atoms with Crippen molar-refractivity contribution in [1.29, 1.82) is 0 Å². The van der Waals surface area contributed by atoms with Crippen molar-refractivity contribution in [2.45, 2.75) is 31.8 Å². The number of ether oxygens (including phenoxy) is 1. The highest BCUT2D eigenvalue weighted by atomic mass is 32.2. The Hall–Kier alpha value is -1.05. The van der Waals surface area contributed by atoms with Crippen molar-refractivity contribution in [3.05, 3.63) is 35.4 Å². The van der Waals surface area contributed by atoms with E-state index in [1.807, 2.05) is 35.7 Å². The molecule has 0 radical (unpaired) electrons. The number of carbonyl (C=O) groups excluding carboxylic acids is 1. The van der Waals surface area contributed by atoms with Crippen molar-refractivity contribution in [3.63, 3.8) is 0 Å². The highest BCUT2D eigenvalue weighted by molar-refractivity contribution is 8.16. The molecule has 1 heterocycles. The number of rotatable bonds is 4. The van der Waals surface area contributed by atoms with Crippen molar-refractivity contribution >= 4 is 29.5 Å². The van der Waals surface area contributed by atoms with Gasteiger partial charge in [-0.1, -0.05) is 51.0 Å². The molecule has 124 valence electrons. The zero-order valence-corrected chi connectivity index (χ0v) is 15.6. The smallest absolute Gasteiger partial charge is 0.311 e. The van der Waals surface area contributed by atoms with Crippen LogP contribution in [0.4, 0.5) is 0 Å². The first-order valence-electron chi connectivity index (χ1n) is 7.81. The summed E-state index contributed by atoms with van der Waals surface area (Å²) in [4.78, 5) is 11.6. The van der Waals surface area contributed by atoms with Gasteiger partial charge < -0.3 is 4.74 Å². The molecule has 0 spiro atoms. The molecule has 0 atom stereocenters. The topological polar surface area (TPSA) is 26.3 Å². The Balaban J connectivity index is 1.88. The minimum atomic E-state index is -0.273. The first-order valence-corrected chi connectivity index (χ1v) is 9.91. The average molecular weight is 349 g/mol. The van der Waals surface area contributed by atoms with Crippen LogP contribution in [-0.4, -0.2) is 24.1 Å². The van der Waals surface area contributed by atoms with Gasteiger partial charge in [0.25, 0.3) is 0 Å². The lowest BCUT2D eigenvalue weighted by Gasteiger charge is -2.36. The maximum atomic E-state index is 11.6. The average Bonchev–Trinajstić information content (AvgIpc) is 2.53. The van der Waals surface area contributed by atoms with E-state index in [0.717, 1.165) is 11.5 Å². The van der Waals surface area contributed by atoms with E-state index < -0.39 is 0 Å². The van der Waals surface area contributed by atoms with Crippen LogP contribution in [0.15, 0.2) is 24.3 Å². The maximum absolute atomic E-state index is 11.6. The summed E-state index contributed by atoms with van der Waals surface area (Å²) in [5, 5.41) is 0. The summed E-state index contributed by atoms with van der Waals surface area (Å²) in [7, 11) is 0. The zero-order chi connectivity index (χ0) is 16.9. The van der Waals surface area contributed by atoms with Gasteiger partial charge in [-0.15, -0.1) is 29.9 Å². The van der Waals surface area contributed by atoms with E-state index in [2.05, 4.69) is 38.8 Å². The van der Waals surface area contributed by atoms with Crippen LogP contribution in [0, 0.1) is 23.7 Å². The highest BCUT2D eigenvalue weighted by Crippen LogP contribution is 2.49. The number of carbonyl (C=O) groups is 1. The molecule has 0 N–H and O–H groups in total. The first kappa shape index (κ1) is 18.3. The second-order valence-corrected chi connectivity index (χ2v) is 9.42. The lowest BCUT2D eigenvalue weighted by Crippen LogP contribution is -2.27. The molecule has 1 saturated heterocycles. The number of esters is 1. The van der Waals surface area contributed by atoms with Gasteiger partial charge in [0.1, 0.15) is 0 Å². The Labute approximate surface area is 148 Å². The monoisotopic (exact) mass is 348 g/mol. The third kappa shape index (κ3) is 5.51. The van der Waals surface area contributed by atoms with Crippen molar-refractivity contribution in [2.75, 3.05) is 18.1 Å². The molecule has 1 aromatic rings. The molecule has 0 unspecified atom stereocenters. The predicted molar refractivity (Wildman–Crippen MR) is 101 cm³/mol. The van der Waals surface area contributed by atoms with Gasteiger partial charge in [-0.3, -0.25) is 4.79 Å². The third-order valence-electron chi connectivity index (χ3n) is 4.04. The Morgan fingerprint density at radius 2 is 1.87 bits per heavy atom. The molecule has 0 bridgehead atoms. The molecule has 0 aliphatic carbocycles. The minimum Gasteiger partial charge on any atom is -0.452 e. The molecular weight excluding hydrogens is 324 g/mol. The minimum absolute atomic E-state index is 0.0429. The summed E-state index contributed by atoms with van der Waals surface area (Å²) >= 11 is 4.06. The number of benzene rings is 1. The Kier molecular flexibility index (Phi) is 6.50. The fraction of sp³-hybridized carbons (Fsp3) is 0.526. The van der Waals surface area contributed by atoms with Crippen LogP contribution in [0.3, 0.4) is 0 Å². The van der Waals surface area contributed by atoms with Gasteiger partial charge in [0.2, 0.25) is 0 Å². The quantitative estimate of drug-likeness (QED) is 0.589. The fourth-order valence-corrected chi connectivity index (χ4v) is 6.08. The van der Waals surface area contributed by atoms with E-state index in [4.69, 9.17) is 11.2 Å². The van der Waals surface area contributed by atoms with Crippen LogP contribution < -0.4 is 0 Å². The summed E-state index contributed by atoms with van der Waals surface area (Å²) in [6.45, 7) is 7.02.